The molecule has 2 aromatic rings. The lowest BCUT2D eigenvalue weighted by molar-refractivity contribution is 0.730. The summed E-state index contributed by atoms with van der Waals surface area (Å²) in [6.07, 6.45) is 3.57. The molecule has 0 aliphatic carbocycles. The molecule has 0 amide bonds. The van der Waals surface area contributed by atoms with Crippen molar-refractivity contribution < 1.29 is 0 Å². The van der Waals surface area contributed by atoms with E-state index in [1.165, 1.54) is 11.3 Å². The summed E-state index contributed by atoms with van der Waals surface area (Å²) in [6.45, 7) is 4.93. The van der Waals surface area contributed by atoms with Crippen molar-refractivity contribution >= 4 is 5.69 Å². The average Bonchev–Trinajstić information content (AvgIpc) is 2.53. The van der Waals surface area contributed by atoms with E-state index in [1.807, 2.05) is 30.8 Å². The zero-order valence-electron chi connectivity index (χ0n) is 9.86. The van der Waals surface area contributed by atoms with Crippen LogP contribution < -0.4 is 5.32 Å². The second-order valence-electron chi connectivity index (χ2n) is 3.86. The van der Waals surface area contributed by atoms with Crippen molar-refractivity contribution in [1.29, 1.82) is 0 Å². The van der Waals surface area contributed by atoms with Crippen LogP contribution in [0.15, 0.2) is 24.5 Å². The van der Waals surface area contributed by atoms with E-state index in [9.17, 15) is 0 Å². The minimum absolute atomic E-state index is 0.801. The number of nitrogens with one attached hydrogen (secondary N) is 1. The van der Waals surface area contributed by atoms with Crippen molar-refractivity contribution in [3.8, 4) is 0 Å². The first-order valence-corrected chi connectivity index (χ1v) is 5.31. The third-order valence-corrected chi connectivity index (χ3v) is 2.81. The number of rotatable bonds is 3. The quantitative estimate of drug-likeness (QED) is 0.853. The van der Waals surface area contributed by atoms with Gasteiger partial charge in [-0.2, -0.15) is 5.10 Å². The van der Waals surface area contributed by atoms with Gasteiger partial charge in [0.05, 0.1) is 5.69 Å². The smallest absolute Gasteiger partial charge is 0.0646 e. The molecule has 0 aromatic carbocycles. The third-order valence-electron chi connectivity index (χ3n) is 2.81. The summed E-state index contributed by atoms with van der Waals surface area (Å²) in [7, 11) is 1.97. The maximum atomic E-state index is 4.39. The lowest BCUT2D eigenvalue weighted by atomic mass is 10.2. The molecule has 0 aliphatic heterocycles. The Balaban J connectivity index is 2.11. The Morgan fingerprint density at radius 1 is 1.25 bits per heavy atom. The molecule has 4 nitrogen and oxygen atoms in total. The van der Waals surface area contributed by atoms with Gasteiger partial charge in [-0.3, -0.25) is 9.67 Å². The highest BCUT2D eigenvalue weighted by atomic mass is 15.3. The molecular formula is C12H16N4. The number of aromatic nitrogens is 3. The van der Waals surface area contributed by atoms with Gasteiger partial charge in [0.15, 0.2) is 0 Å². The Morgan fingerprint density at radius 3 is 2.50 bits per heavy atom. The van der Waals surface area contributed by atoms with Gasteiger partial charge in [0, 0.05) is 42.9 Å². The van der Waals surface area contributed by atoms with Gasteiger partial charge in [-0.1, -0.05) is 0 Å². The maximum Gasteiger partial charge on any atom is 0.0646 e. The average molecular weight is 216 g/mol. The fraction of sp³-hybridized carbons (Fsp3) is 0.333. The number of aryl methyl sites for hydroxylation is 2. The van der Waals surface area contributed by atoms with Crippen LogP contribution in [0.25, 0.3) is 0 Å². The summed E-state index contributed by atoms with van der Waals surface area (Å²) in [5, 5.41) is 7.75. The van der Waals surface area contributed by atoms with Gasteiger partial charge in [-0.05, 0) is 26.0 Å². The molecule has 4 heteroatoms. The van der Waals surface area contributed by atoms with E-state index < -0.39 is 0 Å². The Hall–Kier alpha value is -1.84. The van der Waals surface area contributed by atoms with Gasteiger partial charge in [0.1, 0.15) is 0 Å². The molecule has 2 heterocycles. The lowest BCUT2D eigenvalue weighted by Gasteiger charge is -2.06. The first-order chi connectivity index (χ1) is 7.68. The van der Waals surface area contributed by atoms with Crippen molar-refractivity contribution in [2.24, 2.45) is 7.05 Å². The molecule has 84 valence electrons. The van der Waals surface area contributed by atoms with Crippen LogP contribution in [0.3, 0.4) is 0 Å². The van der Waals surface area contributed by atoms with Crippen molar-refractivity contribution in [3.63, 3.8) is 0 Å². The molecule has 0 atom stereocenters. The predicted molar refractivity (Wildman–Crippen MR) is 64.2 cm³/mol. The molecule has 0 fully saturated rings. The van der Waals surface area contributed by atoms with E-state index >= 15 is 0 Å². The van der Waals surface area contributed by atoms with Crippen LogP contribution in [-0.2, 0) is 13.6 Å². The molecule has 0 aliphatic rings. The highest BCUT2D eigenvalue weighted by molar-refractivity contribution is 5.42. The molecule has 0 bridgehead atoms. The third kappa shape index (κ3) is 2.05. The first kappa shape index (κ1) is 10.7. The summed E-state index contributed by atoms with van der Waals surface area (Å²) in [5.41, 5.74) is 4.64. The molecule has 2 rings (SSSR count). The van der Waals surface area contributed by atoms with Crippen LogP contribution in [0.5, 0.6) is 0 Å². The molecule has 0 saturated heterocycles. The van der Waals surface area contributed by atoms with Crippen LogP contribution in [0.4, 0.5) is 5.69 Å². The van der Waals surface area contributed by atoms with E-state index in [1.54, 1.807) is 12.4 Å². The minimum atomic E-state index is 0.801. The molecule has 1 N–H and O–H groups in total. The van der Waals surface area contributed by atoms with Gasteiger partial charge < -0.3 is 5.32 Å². The molecule has 0 spiro atoms. The summed E-state index contributed by atoms with van der Waals surface area (Å²) >= 11 is 0. The highest BCUT2D eigenvalue weighted by Gasteiger charge is 2.08. The van der Waals surface area contributed by atoms with Crippen LogP contribution in [0.2, 0.25) is 0 Å². The number of hydrogen-bond donors (Lipinski definition) is 1. The molecule has 0 unspecified atom stereocenters. The maximum absolute atomic E-state index is 4.39. The van der Waals surface area contributed by atoms with Crippen LogP contribution >= 0.6 is 0 Å². The topological polar surface area (TPSA) is 42.7 Å². The van der Waals surface area contributed by atoms with E-state index in [-0.39, 0.29) is 0 Å². The summed E-state index contributed by atoms with van der Waals surface area (Å²) in [5.74, 6) is 0. The number of pyridine rings is 1. The van der Waals surface area contributed by atoms with Gasteiger partial charge in [0.25, 0.3) is 0 Å². The normalized spacial score (nSPS) is 10.4. The van der Waals surface area contributed by atoms with Gasteiger partial charge in [0.2, 0.25) is 0 Å². The zero-order valence-corrected chi connectivity index (χ0v) is 9.86. The van der Waals surface area contributed by atoms with Crippen molar-refractivity contribution in [3.05, 3.63) is 41.5 Å². The predicted octanol–water partition coefficient (Wildman–Crippen LogP) is 2.04. The van der Waals surface area contributed by atoms with Crippen LogP contribution in [0.1, 0.15) is 17.0 Å². The van der Waals surface area contributed by atoms with E-state index in [0.29, 0.717) is 0 Å². The number of hydrogen-bond acceptors (Lipinski definition) is 3. The fourth-order valence-electron chi connectivity index (χ4n) is 1.73. The summed E-state index contributed by atoms with van der Waals surface area (Å²) < 4.78 is 1.92. The fourth-order valence-corrected chi connectivity index (χ4v) is 1.73. The largest absolute Gasteiger partial charge is 0.381 e. The Labute approximate surface area is 95.3 Å². The Kier molecular flexibility index (Phi) is 2.90. The zero-order chi connectivity index (χ0) is 11.5. The molecule has 16 heavy (non-hydrogen) atoms. The summed E-state index contributed by atoms with van der Waals surface area (Å²) in [4.78, 5) is 3.98. The Bertz CT molecular complexity index is 473. The molecule has 0 saturated carbocycles. The molecular weight excluding hydrogens is 200 g/mol. The van der Waals surface area contributed by atoms with Crippen molar-refractivity contribution in [2.75, 3.05) is 5.32 Å². The minimum Gasteiger partial charge on any atom is -0.381 e. The molecule has 0 radical (unpaired) electrons. The second-order valence-corrected chi connectivity index (χ2v) is 3.86. The van der Waals surface area contributed by atoms with Crippen LogP contribution in [0, 0.1) is 13.8 Å². The number of anilines is 1. The van der Waals surface area contributed by atoms with Gasteiger partial charge in [-0.25, -0.2) is 0 Å². The molecule has 2 aromatic heterocycles. The SMILES string of the molecule is Cc1nn(C)c(C)c1CNc1ccncc1. The van der Waals surface area contributed by atoms with Gasteiger partial charge >= 0.3 is 0 Å². The van der Waals surface area contributed by atoms with Crippen molar-refractivity contribution in [1.82, 2.24) is 14.8 Å². The van der Waals surface area contributed by atoms with E-state index in [2.05, 4.69) is 22.3 Å². The Morgan fingerprint density at radius 2 is 1.94 bits per heavy atom. The first-order valence-electron chi connectivity index (χ1n) is 5.31. The van der Waals surface area contributed by atoms with Crippen LogP contribution in [-0.4, -0.2) is 14.8 Å². The lowest BCUT2D eigenvalue weighted by Crippen LogP contribution is -2.02. The summed E-state index contributed by atoms with van der Waals surface area (Å²) in [6, 6.07) is 3.92. The highest BCUT2D eigenvalue weighted by Crippen LogP contribution is 2.14. The second kappa shape index (κ2) is 4.35. The van der Waals surface area contributed by atoms with Crippen molar-refractivity contribution in [2.45, 2.75) is 20.4 Å². The van der Waals surface area contributed by atoms with E-state index in [0.717, 1.165) is 17.9 Å². The van der Waals surface area contributed by atoms with E-state index in [4.69, 9.17) is 0 Å². The monoisotopic (exact) mass is 216 g/mol. The van der Waals surface area contributed by atoms with Gasteiger partial charge in [-0.15, -0.1) is 0 Å². The number of nitrogens with zero attached hydrogens (tertiary/aromatic N) is 3. The standard InChI is InChI=1S/C12H16N4/c1-9-12(10(2)16(3)15-9)8-14-11-4-6-13-7-5-11/h4-7H,8H2,1-3H3,(H,13,14).